The predicted octanol–water partition coefficient (Wildman–Crippen LogP) is 4.58. The van der Waals surface area contributed by atoms with Gasteiger partial charge >= 0.3 is 5.97 Å². The highest BCUT2D eigenvalue weighted by atomic mass is 16.5. The van der Waals surface area contributed by atoms with E-state index in [9.17, 15) is 14.7 Å². The van der Waals surface area contributed by atoms with Crippen molar-refractivity contribution in [2.45, 2.75) is 32.7 Å². The smallest absolute Gasteiger partial charge is 0.341 e. The Kier molecular flexibility index (Phi) is 4.81. The molecule has 0 radical (unpaired) electrons. The third-order valence-electron chi connectivity index (χ3n) is 6.60. The van der Waals surface area contributed by atoms with E-state index in [1.54, 1.807) is 7.11 Å². The summed E-state index contributed by atoms with van der Waals surface area (Å²) in [6, 6.07) is 11.5. The van der Waals surface area contributed by atoms with Crippen molar-refractivity contribution < 1.29 is 19.4 Å². The Hall–Kier alpha value is -3.54. The molecule has 1 aromatic heterocycles. The molecule has 0 amide bonds. The lowest BCUT2D eigenvalue weighted by Gasteiger charge is -2.34. The predicted molar refractivity (Wildman–Crippen MR) is 122 cm³/mol. The first kappa shape index (κ1) is 20.4. The number of carboxylic acids is 1. The van der Waals surface area contributed by atoms with Crippen LogP contribution < -0.4 is 14.9 Å². The van der Waals surface area contributed by atoms with Crippen LogP contribution in [0.5, 0.6) is 11.5 Å². The molecule has 0 bridgehead atoms. The lowest BCUT2D eigenvalue weighted by Crippen LogP contribution is -2.28. The number of carbonyl (C=O) groups is 1. The quantitative estimate of drug-likeness (QED) is 0.654. The number of fused-ring (bicyclic) bond motifs is 5. The first-order valence-corrected chi connectivity index (χ1v) is 10.8. The van der Waals surface area contributed by atoms with Gasteiger partial charge in [-0.3, -0.25) is 4.79 Å². The number of carboxylic acid groups (broad SMARTS) is 1. The molecule has 1 atom stereocenters. The van der Waals surface area contributed by atoms with Gasteiger partial charge in [-0.05, 0) is 41.7 Å². The number of benzene rings is 2. The maximum atomic E-state index is 12.7. The minimum absolute atomic E-state index is 0.0589. The summed E-state index contributed by atoms with van der Waals surface area (Å²) in [7, 11) is 1.64. The van der Waals surface area contributed by atoms with Gasteiger partial charge in [0, 0.05) is 41.4 Å². The van der Waals surface area contributed by atoms with Crippen molar-refractivity contribution in [1.82, 2.24) is 4.57 Å². The molecule has 2 aliphatic rings. The fraction of sp³-hybridized carbons (Fsp3) is 0.308. The molecule has 164 valence electrons. The Morgan fingerprint density at radius 3 is 2.72 bits per heavy atom. The minimum atomic E-state index is -1.20. The number of hydrogen-bond donors (Lipinski definition) is 1. The van der Waals surface area contributed by atoms with E-state index >= 15 is 0 Å². The van der Waals surface area contributed by atoms with E-state index in [1.807, 2.05) is 28.8 Å². The summed E-state index contributed by atoms with van der Waals surface area (Å²) in [5, 5.41) is 9.51. The molecule has 5 rings (SSSR count). The van der Waals surface area contributed by atoms with Gasteiger partial charge < -0.3 is 19.1 Å². The van der Waals surface area contributed by atoms with Crippen molar-refractivity contribution in [3.05, 3.63) is 69.5 Å². The van der Waals surface area contributed by atoms with Crippen molar-refractivity contribution in [1.29, 1.82) is 0 Å². The molecule has 0 fully saturated rings. The van der Waals surface area contributed by atoms with Gasteiger partial charge in [0.15, 0.2) is 5.43 Å². The van der Waals surface area contributed by atoms with Crippen LogP contribution in [0.1, 0.15) is 41.4 Å². The highest BCUT2D eigenvalue weighted by Crippen LogP contribution is 2.48. The second kappa shape index (κ2) is 7.55. The largest absolute Gasteiger partial charge is 0.497 e. The van der Waals surface area contributed by atoms with Gasteiger partial charge in [-0.15, -0.1) is 0 Å². The number of pyridine rings is 1. The maximum absolute atomic E-state index is 12.7. The molecule has 6 nitrogen and oxygen atoms in total. The summed E-state index contributed by atoms with van der Waals surface area (Å²) in [4.78, 5) is 24.3. The first-order valence-electron chi connectivity index (χ1n) is 10.8. The summed E-state index contributed by atoms with van der Waals surface area (Å²) in [6.45, 7) is 4.87. The number of nitrogens with zero attached hydrogens (tertiary/aromatic N) is 1. The highest BCUT2D eigenvalue weighted by Gasteiger charge is 2.33. The summed E-state index contributed by atoms with van der Waals surface area (Å²) < 4.78 is 13.5. The van der Waals surface area contributed by atoms with E-state index in [-0.39, 0.29) is 17.5 Å². The second-order valence-electron chi connectivity index (χ2n) is 8.75. The van der Waals surface area contributed by atoms with Gasteiger partial charge in [-0.25, -0.2) is 4.79 Å². The van der Waals surface area contributed by atoms with Crippen LogP contribution in [0.3, 0.4) is 0 Å². The number of ether oxygens (including phenoxy) is 2. The third kappa shape index (κ3) is 3.09. The standard InChI is InChI=1S/C26H25NO5/c1-14(2)22-11-19-17-7-8-32-25(17)18(15-5-4-6-16(9-15)31-3)10-20(19)23-12-24(28)21(26(29)30)13-27(22)23/h4-6,9-10,12-14,22H,7-8,11H2,1-3H3,(H,29,30)/t22-/m0/s1. The topological polar surface area (TPSA) is 77.8 Å². The fourth-order valence-electron chi connectivity index (χ4n) is 4.98. The molecule has 2 aromatic carbocycles. The molecule has 2 aliphatic heterocycles. The normalized spacial score (nSPS) is 16.2. The molecular formula is C26H25NO5. The van der Waals surface area contributed by atoms with E-state index in [4.69, 9.17) is 9.47 Å². The zero-order valence-corrected chi connectivity index (χ0v) is 18.3. The van der Waals surface area contributed by atoms with Crippen LogP contribution in [0.25, 0.3) is 22.4 Å². The second-order valence-corrected chi connectivity index (χ2v) is 8.75. The van der Waals surface area contributed by atoms with Crippen molar-refractivity contribution in [3.8, 4) is 33.9 Å². The number of rotatable bonds is 4. The summed E-state index contributed by atoms with van der Waals surface area (Å²) in [6.07, 6.45) is 3.10. The summed E-state index contributed by atoms with van der Waals surface area (Å²) >= 11 is 0. The molecule has 0 aliphatic carbocycles. The van der Waals surface area contributed by atoms with E-state index in [1.165, 1.54) is 23.4 Å². The Labute approximate surface area is 186 Å². The number of aromatic carboxylic acids is 1. The van der Waals surface area contributed by atoms with E-state index in [0.29, 0.717) is 6.61 Å². The van der Waals surface area contributed by atoms with Crippen LogP contribution in [-0.4, -0.2) is 29.4 Å². The van der Waals surface area contributed by atoms with Gasteiger partial charge in [0.1, 0.15) is 17.1 Å². The number of hydrogen-bond acceptors (Lipinski definition) is 4. The zero-order valence-electron chi connectivity index (χ0n) is 18.3. The van der Waals surface area contributed by atoms with Gasteiger partial charge in [-0.1, -0.05) is 26.0 Å². The molecule has 0 saturated carbocycles. The van der Waals surface area contributed by atoms with Gasteiger partial charge in [0.25, 0.3) is 0 Å². The molecule has 0 spiro atoms. The number of aromatic nitrogens is 1. The molecule has 3 aromatic rings. The lowest BCUT2D eigenvalue weighted by molar-refractivity contribution is 0.0694. The van der Waals surface area contributed by atoms with Gasteiger partial charge in [0.2, 0.25) is 0 Å². The summed E-state index contributed by atoms with van der Waals surface area (Å²) in [5.41, 5.74) is 5.39. The third-order valence-corrected chi connectivity index (χ3v) is 6.60. The van der Waals surface area contributed by atoms with Crippen LogP contribution in [0.15, 0.2) is 47.4 Å². The Morgan fingerprint density at radius 1 is 1.19 bits per heavy atom. The lowest BCUT2D eigenvalue weighted by atomic mass is 9.82. The average Bonchev–Trinajstić information content (AvgIpc) is 3.27. The highest BCUT2D eigenvalue weighted by molar-refractivity contribution is 5.88. The Morgan fingerprint density at radius 2 is 2.00 bits per heavy atom. The Balaban J connectivity index is 1.80. The van der Waals surface area contributed by atoms with Crippen molar-refractivity contribution in [2.75, 3.05) is 13.7 Å². The molecule has 0 saturated heterocycles. The van der Waals surface area contributed by atoms with Crippen LogP contribution in [0, 0.1) is 5.92 Å². The van der Waals surface area contributed by atoms with Crippen LogP contribution in [0.2, 0.25) is 0 Å². The SMILES string of the molecule is COc1cccc(-c2cc3c(c4c2OCC4)C[C@@H](C(C)C)n2cc(C(=O)O)c(=O)cc2-3)c1. The zero-order chi connectivity index (χ0) is 22.6. The molecule has 0 unspecified atom stereocenters. The maximum Gasteiger partial charge on any atom is 0.341 e. The van der Waals surface area contributed by atoms with E-state index < -0.39 is 11.4 Å². The monoisotopic (exact) mass is 431 g/mol. The molecule has 3 heterocycles. The summed E-state index contributed by atoms with van der Waals surface area (Å²) in [5.74, 6) is 0.729. The van der Waals surface area contributed by atoms with Gasteiger partial charge in [-0.2, -0.15) is 0 Å². The molecule has 32 heavy (non-hydrogen) atoms. The van der Waals surface area contributed by atoms with Gasteiger partial charge in [0.05, 0.1) is 19.4 Å². The van der Waals surface area contributed by atoms with E-state index in [0.717, 1.165) is 46.7 Å². The number of methoxy groups -OCH3 is 1. The van der Waals surface area contributed by atoms with Crippen LogP contribution in [0.4, 0.5) is 0 Å². The van der Waals surface area contributed by atoms with E-state index in [2.05, 4.69) is 19.9 Å². The molecule has 6 heteroatoms. The molecular weight excluding hydrogens is 406 g/mol. The average molecular weight is 431 g/mol. The fourth-order valence-corrected chi connectivity index (χ4v) is 4.98. The van der Waals surface area contributed by atoms with Crippen LogP contribution in [-0.2, 0) is 12.8 Å². The van der Waals surface area contributed by atoms with Crippen molar-refractivity contribution in [2.24, 2.45) is 5.92 Å². The van der Waals surface area contributed by atoms with Crippen LogP contribution >= 0.6 is 0 Å². The first-order chi connectivity index (χ1) is 15.4. The van der Waals surface area contributed by atoms with Crippen molar-refractivity contribution >= 4 is 5.97 Å². The molecule has 1 N–H and O–H groups in total. The minimum Gasteiger partial charge on any atom is -0.497 e. The van der Waals surface area contributed by atoms with Crippen molar-refractivity contribution in [3.63, 3.8) is 0 Å². The Bertz CT molecular complexity index is 1300.